The molecule has 54 heavy (non-hydrogen) atoms. The molecule has 1 aromatic rings. The number of carbonyl (C=O) groups is 2. The zero-order valence-corrected chi connectivity index (χ0v) is 35.0. The van der Waals surface area contributed by atoms with Crippen molar-refractivity contribution in [2.24, 2.45) is 63.1 Å². The first-order valence-corrected chi connectivity index (χ1v) is 21.9. The summed E-state index contributed by atoms with van der Waals surface area (Å²) in [5, 5.41) is 0. The van der Waals surface area contributed by atoms with Crippen LogP contribution in [-0.4, -0.2) is 48.0 Å². The van der Waals surface area contributed by atoms with Gasteiger partial charge in [0.1, 0.15) is 12.6 Å². The predicted octanol–water partition coefficient (Wildman–Crippen LogP) is 9.72. The van der Waals surface area contributed by atoms with Gasteiger partial charge in [0, 0.05) is 36.8 Å². The average molecular weight is 741 g/mol. The molecule has 0 aromatic carbocycles. The summed E-state index contributed by atoms with van der Waals surface area (Å²) in [6.45, 7) is 25.3. The molecule has 0 bridgehead atoms. The van der Waals surface area contributed by atoms with Gasteiger partial charge in [0.15, 0.2) is 18.6 Å². The third-order valence-corrected chi connectivity index (χ3v) is 17.5. The molecule has 6 nitrogen and oxygen atoms in total. The molecule has 6 heteroatoms. The van der Waals surface area contributed by atoms with Gasteiger partial charge in [-0.1, -0.05) is 72.8 Å². The Balaban J connectivity index is 1.13. The fourth-order valence-corrected chi connectivity index (χ4v) is 14.8. The number of allylic oxidation sites excluding steroid dienone is 2. The van der Waals surface area contributed by atoms with Crippen LogP contribution >= 0.6 is 0 Å². The Morgan fingerprint density at radius 3 is 2.26 bits per heavy atom. The van der Waals surface area contributed by atoms with Gasteiger partial charge < -0.3 is 9.47 Å². The molecular formula is C48H72N2O4+2. The van der Waals surface area contributed by atoms with Crippen LogP contribution in [0.25, 0.3) is 0 Å². The Morgan fingerprint density at radius 2 is 1.59 bits per heavy atom. The first-order chi connectivity index (χ1) is 25.7. The highest BCUT2D eigenvalue weighted by Crippen LogP contribution is 2.76. The van der Waals surface area contributed by atoms with Crippen molar-refractivity contribution in [3.05, 3.63) is 54.9 Å². The molecule has 1 aliphatic heterocycles. The Kier molecular flexibility index (Phi) is 10.9. The van der Waals surface area contributed by atoms with E-state index in [1.54, 1.807) is 0 Å². The fourth-order valence-electron chi connectivity index (χ4n) is 14.8. The van der Waals surface area contributed by atoms with Crippen LogP contribution in [0.1, 0.15) is 138 Å². The quantitative estimate of drug-likeness (QED) is 0.136. The third-order valence-electron chi connectivity index (χ3n) is 17.5. The molecule has 0 radical (unpaired) electrons. The van der Waals surface area contributed by atoms with Crippen LogP contribution in [0.15, 0.2) is 54.9 Å². The summed E-state index contributed by atoms with van der Waals surface area (Å²) in [5.74, 6) is 3.81. The van der Waals surface area contributed by atoms with Crippen LogP contribution in [0.2, 0.25) is 0 Å². The molecule has 5 aliphatic carbocycles. The number of ether oxygens (including phenoxy) is 2. The van der Waals surface area contributed by atoms with E-state index in [2.05, 4.69) is 84.9 Å². The second-order valence-electron chi connectivity index (χ2n) is 20.1. The van der Waals surface area contributed by atoms with Crippen molar-refractivity contribution >= 4 is 18.2 Å². The summed E-state index contributed by atoms with van der Waals surface area (Å²) in [6.07, 6.45) is 23.3. The number of esters is 2. The van der Waals surface area contributed by atoms with E-state index >= 15 is 0 Å². The van der Waals surface area contributed by atoms with Gasteiger partial charge in [-0.2, -0.15) is 4.57 Å². The lowest BCUT2D eigenvalue weighted by atomic mass is 9.32. The number of fused-ring (bicyclic) bond motifs is 7. The van der Waals surface area contributed by atoms with Crippen LogP contribution in [-0.2, 0) is 19.1 Å². The Bertz CT molecular complexity index is 1630. The summed E-state index contributed by atoms with van der Waals surface area (Å²) < 4.78 is 17.2. The van der Waals surface area contributed by atoms with Crippen LogP contribution in [0.4, 0.5) is 0 Å². The van der Waals surface area contributed by atoms with Crippen molar-refractivity contribution in [3.63, 3.8) is 0 Å². The number of carbonyl (C=O) groups excluding carboxylic acids is 2. The zero-order valence-electron chi connectivity index (χ0n) is 35.0. The van der Waals surface area contributed by atoms with Crippen LogP contribution < -0.4 is 4.57 Å². The molecule has 0 N–H and O–H groups in total. The van der Waals surface area contributed by atoms with E-state index in [9.17, 15) is 9.59 Å². The topological polar surface area (TPSA) is 59.5 Å². The van der Waals surface area contributed by atoms with E-state index in [-0.39, 0.29) is 51.8 Å². The van der Waals surface area contributed by atoms with E-state index < -0.39 is 0 Å². The summed E-state index contributed by atoms with van der Waals surface area (Å²) in [4.78, 5) is 27.5. The van der Waals surface area contributed by atoms with E-state index in [0.29, 0.717) is 54.5 Å². The number of pyridine rings is 1. The second kappa shape index (κ2) is 15.0. The monoisotopic (exact) mass is 741 g/mol. The molecule has 0 saturated heterocycles. The highest BCUT2D eigenvalue weighted by Gasteiger charge is 2.70. The minimum Gasteiger partial charge on any atom is -0.460 e. The lowest BCUT2D eigenvalue weighted by Crippen LogP contribution is -2.67. The summed E-state index contributed by atoms with van der Waals surface area (Å²) in [6, 6.07) is 5.46. The Morgan fingerprint density at radius 1 is 0.852 bits per heavy atom. The smallest absolute Gasteiger partial charge is 0.376 e. The molecule has 8 unspecified atom stereocenters. The van der Waals surface area contributed by atoms with Gasteiger partial charge in [-0.3, -0.25) is 0 Å². The van der Waals surface area contributed by atoms with Crippen molar-refractivity contribution < 1.29 is 28.2 Å². The lowest BCUT2D eigenvalue weighted by Gasteiger charge is -2.72. The standard InChI is InChI=1S/C48H72N2O4/c1-10-37(49-26-14-12-15-27-49)43(51)53-31-33-30-48(9)36(42-34(32(3)4)18-19-35(33)42)20-21-40-46(7)24-23-41(45(5,6)39(46)22-25-47(40,48)8)54-44(52)38(11-2)50-28-16-13-17-29-50/h12-14,16-17,26,28-29,33-42H,3,10-11,15,18-25,27,30-31H2,1-2,4-9H3/q+2/t33-,34?,35?,36?,37?,38?,39?,40?,41+,42?,46+,47-,48-/m1/s1. The van der Waals surface area contributed by atoms with E-state index in [4.69, 9.17) is 9.47 Å². The number of nitrogens with zero attached hydrogens (tertiary/aromatic N) is 2. The van der Waals surface area contributed by atoms with Crippen molar-refractivity contribution in [1.82, 2.24) is 0 Å². The first-order valence-electron chi connectivity index (χ1n) is 21.9. The molecule has 0 spiro atoms. The molecule has 0 amide bonds. The predicted molar refractivity (Wildman–Crippen MR) is 215 cm³/mol. The van der Waals surface area contributed by atoms with Gasteiger partial charge in [0.05, 0.1) is 6.61 Å². The molecule has 13 atom stereocenters. The number of aromatic nitrogens is 1. The highest BCUT2D eigenvalue weighted by atomic mass is 16.5. The number of hydrogen-bond donors (Lipinski definition) is 0. The largest absolute Gasteiger partial charge is 0.460 e. The van der Waals surface area contributed by atoms with Crippen molar-refractivity contribution in [1.29, 1.82) is 0 Å². The molecular weight excluding hydrogens is 669 g/mol. The molecule has 7 rings (SSSR count). The van der Waals surface area contributed by atoms with Crippen LogP contribution in [0.3, 0.4) is 0 Å². The van der Waals surface area contributed by atoms with E-state index in [1.807, 2.05) is 35.2 Å². The fraction of sp³-hybridized carbons (Fsp3) is 0.750. The molecule has 6 aliphatic rings. The molecule has 296 valence electrons. The van der Waals surface area contributed by atoms with Crippen molar-refractivity contribution in [2.45, 2.75) is 151 Å². The van der Waals surface area contributed by atoms with Crippen LogP contribution in [0, 0.1) is 63.1 Å². The molecule has 2 heterocycles. The maximum Gasteiger partial charge on any atom is 0.376 e. The summed E-state index contributed by atoms with van der Waals surface area (Å²) >= 11 is 0. The van der Waals surface area contributed by atoms with Gasteiger partial charge >= 0.3 is 11.9 Å². The summed E-state index contributed by atoms with van der Waals surface area (Å²) in [5.41, 5.74) is 1.78. The normalized spacial score (nSPS) is 40.5. The Hall–Kier alpha value is -2.76. The minimum absolute atomic E-state index is 0.0459. The molecule has 5 fully saturated rings. The average Bonchev–Trinajstić information content (AvgIpc) is 3.60. The first kappa shape index (κ1) is 39.5. The Labute approximate surface area is 327 Å². The third kappa shape index (κ3) is 6.36. The van der Waals surface area contributed by atoms with Crippen molar-refractivity contribution in [3.8, 4) is 0 Å². The van der Waals surface area contributed by atoms with E-state index in [1.165, 1.54) is 44.1 Å². The maximum absolute atomic E-state index is 13.8. The van der Waals surface area contributed by atoms with Crippen LogP contribution in [0.5, 0.6) is 0 Å². The van der Waals surface area contributed by atoms with Gasteiger partial charge in [-0.25, -0.2) is 14.2 Å². The SMILES string of the molecule is C=C(C)C1CCC2C1C1CCC3[C@@]4(C)CC[C@H](OC(=O)C(CC)[n+]5ccccc5)C(C)(C)C4CC[C@@]3(C)[C@]1(C)C[C@@H]2COC(=O)C(CC)[N+]1=CC=CCC1. The number of rotatable bonds is 10. The van der Waals surface area contributed by atoms with E-state index in [0.717, 1.165) is 38.6 Å². The molecule has 5 saturated carbocycles. The lowest BCUT2D eigenvalue weighted by molar-refractivity contribution is -0.711. The van der Waals surface area contributed by atoms with Gasteiger partial charge in [0.2, 0.25) is 6.04 Å². The molecule has 1 aromatic heterocycles. The van der Waals surface area contributed by atoms with Gasteiger partial charge in [0.25, 0.3) is 6.04 Å². The minimum atomic E-state index is -0.297. The van der Waals surface area contributed by atoms with Crippen molar-refractivity contribution in [2.75, 3.05) is 13.2 Å². The highest BCUT2D eigenvalue weighted by molar-refractivity contribution is 5.76. The number of hydrogen-bond acceptors (Lipinski definition) is 4. The maximum atomic E-state index is 13.8. The van der Waals surface area contributed by atoms with Gasteiger partial charge in [-0.15, -0.1) is 0 Å². The van der Waals surface area contributed by atoms with Gasteiger partial charge in [-0.05, 0) is 128 Å². The summed E-state index contributed by atoms with van der Waals surface area (Å²) in [7, 11) is 0. The second-order valence-corrected chi connectivity index (χ2v) is 20.1. The zero-order chi connectivity index (χ0) is 38.6.